The molecule has 1 heterocycles. The second-order valence-electron chi connectivity index (χ2n) is 6.47. The summed E-state index contributed by atoms with van der Waals surface area (Å²) in [6, 6.07) is 0. The number of aliphatic hydroxyl groups excluding tert-OH is 3. The minimum absolute atomic E-state index is 0.341. The van der Waals surface area contributed by atoms with Crippen molar-refractivity contribution in [2.75, 3.05) is 6.54 Å². The minimum Gasteiger partial charge on any atom is -0.504 e. The summed E-state index contributed by atoms with van der Waals surface area (Å²) in [7, 11) is 0. The van der Waals surface area contributed by atoms with Gasteiger partial charge < -0.3 is 25.4 Å². The van der Waals surface area contributed by atoms with E-state index in [4.69, 9.17) is 0 Å². The molecule has 2 unspecified atom stereocenters. The summed E-state index contributed by atoms with van der Waals surface area (Å²) in [6.07, 6.45) is 10.1. The Kier molecular flexibility index (Phi) is 9.36. The molecule has 0 spiro atoms. The Hall–Kier alpha value is -0.980. The van der Waals surface area contributed by atoms with Crippen LogP contribution in [0.1, 0.15) is 78.1 Å². The maximum atomic E-state index is 9.90. The zero-order chi connectivity index (χ0) is 17.2. The molecule has 1 aliphatic rings. The van der Waals surface area contributed by atoms with Crippen molar-refractivity contribution in [1.82, 2.24) is 9.96 Å². The summed E-state index contributed by atoms with van der Waals surface area (Å²) in [6.45, 7) is 4.44. The van der Waals surface area contributed by atoms with Crippen LogP contribution in [0.3, 0.4) is 0 Å². The highest BCUT2D eigenvalue weighted by Gasteiger charge is 2.37. The van der Waals surface area contributed by atoms with E-state index in [0.29, 0.717) is 11.6 Å². The van der Waals surface area contributed by atoms with E-state index in [0.717, 1.165) is 19.3 Å². The average molecular weight is 330 g/mol. The van der Waals surface area contributed by atoms with Gasteiger partial charge in [-0.3, -0.25) is 0 Å². The van der Waals surface area contributed by atoms with Crippen LogP contribution in [-0.4, -0.2) is 49.4 Å². The molecule has 0 saturated heterocycles. The van der Waals surface area contributed by atoms with Crippen molar-refractivity contribution in [3.05, 3.63) is 11.6 Å². The Morgan fingerprint density at radius 1 is 0.870 bits per heavy atom. The molecule has 0 aromatic carbocycles. The van der Waals surface area contributed by atoms with Crippen molar-refractivity contribution in [1.29, 1.82) is 0 Å². The van der Waals surface area contributed by atoms with Crippen molar-refractivity contribution in [2.24, 2.45) is 0 Å². The molecule has 1 aliphatic heterocycles. The van der Waals surface area contributed by atoms with Crippen LogP contribution in [0.15, 0.2) is 11.6 Å². The third-order valence-corrected chi connectivity index (χ3v) is 4.58. The molecule has 1 rings (SSSR count). The first-order chi connectivity index (χ1) is 11.0. The minimum atomic E-state index is -1.56. The number of unbranched alkanes of at least 4 members (excludes halogenated alkanes) is 9. The quantitative estimate of drug-likeness (QED) is 0.430. The monoisotopic (exact) mass is 330 g/mol. The van der Waals surface area contributed by atoms with E-state index in [1.54, 1.807) is 6.92 Å². The summed E-state index contributed by atoms with van der Waals surface area (Å²) in [5, 5.41) is 39.4. The maximum Gasteiger partial charge on any atom is 0.231 e. The number of hydrogen-bond donors (Lipinski definition) is 4. The predicted octanol–water partition coefficient (Wildman–Crippen LogP) is 3.86. The molecule has 0 aromatic rings. The molecule has 6 nitrogen and oxygen atoms in total. The lowest BCUT2D eigenvalue weighted by atomic mass is 10.1. The molecule has 136 valence electrons. The van der Waals surface area contributed by atoms with E-state index in [2.05, 4.69) is 6.92 Å². The molecule has 0 fully saturated rings. The molecule has 23 heavy (non-hydrogen) atoms. The molecule has 0 aromatic heterocycles. The summed E-state index contributed by atoms with van der Waals surface area (Å²) in [5.74, 6) is -0.941. The highest BCUT2D eigenvalue weighted by atomic mass is 16.5. The smallest absolute Gasteiger partial charge is 0.231 e. The van der Waals surface area contributed by atoms with Gasteiger partial charge in [-0.1, -0.05) is 64.7 Å². The van der Waals surface area contributed by atoms with Crippen LogP contribution in [0, 0.1) is 0 Å². The van der Waals surface area contributed by atoms with Gasteiger partial charge in [0.05, 0.1) is 0 Å². The molecule has 2 atom stereocenters. The second kappa shape index (κ2) is 10.7. The summed E-state index contributed by atoms with van der Waals surface area (Å²) < 4.78 is 0. The first-order valence-electron chi connectivity index (χ1n) is 9.04. The molecule has 4 N–H and O–H groups in total. The van der Waals surface area contributed by atoms with Crippen molar-refractivity contribution >= 4 is 0 Å². The molecule has 0 amide bonds. The van der Waals surface area contributed by atoms with E-state index in [1.807, 2.05) is 0 Å². The number of rotatable bonds is 11. The number of hydroxylamine groups is 2. The number of aliphatic hydroxyl groups is 3. The van der Waals surface area contributed by atoms with Gasteiger partial charge in [0.15, 0.2) is 12.0 Å². The Bertz CT molecular complexity index is 363. The highest BCUT2D eigenvalue weighted by molar-refractivity contribution is 5.07. The Balaban J connectivity index is 2.15. The van der Waals surface area contributed by atoms with Gasteiger partial charge in [0.25, 0.3) is 0 Å². The normalized spacial score (nSPS) is 22.9. The van der Waals surface area contributed by atoms with E-state index in [1.165, 1.54) is 49.8 Å². The number of hydrogen-bond acceptors (Lipinski definition) is 6. The van der Waals surface area contributed by atoms with Gasteiger partial charge in [0.1, 0.15) is 6.17 Å². The molecule has 0 saturated carbocycles. The lowest BCUT2D eigenvalue weighted by Crippen LogP contribution is -2.54. The maximum absolute atomic E-state index is 9.90. The lowest BCUT2D eigenvalue weighted by molar-refractivity contribution is -0.257. The van der Waals surface area contributed by atoms with E-state index in [-0.39, 0.29) is 5.88 Å². The van der Waals surface area contributed by atoms with Crippen molar-refractivity contribution in [3.8, 4) is 0 Å². The van der Waals surface area contributed by atoms with Crippen LogP contribution in [0.4, 0.5) is 0 Å². The first-order valence-corrected chi connectivity index (χ1v) is 9.04. The van der Waals surface area contributed by atoms with Crippen LogP contribution < -0.4 is 0 Å². The molecule has 6 heteroatoms. The van der Waals surface area contributed by atoms with E-state index < -0.39 is 18.2 Å². The summed E-state index contributed by atoms with van der Waals surface area (Å²) in [5.41, 5.74) is 0. The largest absolute Gasteiger partial charge is 0.504 e. The predicted molar refractivity (Wildman–Crippen MR) is 89.9 cm³/mol. The van der Waals surface area contributed by atoms with Crippen LogP contribution in [0.2, 0.25) is 0 Å². The fourth-order valence-electron chi connectivity index (χ4n) is 2.97. The van der Waals surface area contributed by atoms with E-state index >= 15 is 0 Å². The number of nitrogens with zero attached hydrogens (tertiary/aromatic N) is 2. The van der Waals surface area contributed by atoms with Crippen LogP contribution >= 0.6 is 0 Å². The van der Waals surface area contributed by atoms with Gasteiger partial charge in [-0.25, -0.2) is 0 Å². The zero-order valence-corrected chi connectivity index (χ0v) is 14.6. The third-order valence-electron chi connectivity index (χ3n) is 4.58. The van der Waals surface area contributed by atoms with Crippen molar-refractivity contribution in [2.45, 2.75) is 90.4 Å². The topological polar surface area (TPSA) is 87.4 Å². The summed E-state index contributed by atoms with van der Waals surface area (Å²) in [4.78, 5) is 1.51. The van der Waals surface area contributed by atoms with Gasteiger partial charge in [-0.15, -0.1) is 5.06 Å². The first kappa shape index (κ1) is 20.1. The Morgan fingerprint density at radius 3 is 1.87 bits per heavy atom. The van der Waals surface area contributed by atoms with Gasteiger partial charge in [-0.05, 0) is 13.3 Å². The highest BCUT2D eigenvalue weighted by Crippen LogP contribution is 2.24. The SMILES string of the molecule is CCCCCCCCCCCCN1C(O)=C(O)C(O)N(O)C1C. The molecule has 0 aliphatic carbocycles. The Morgan fingerprint density at radius 2 is 1.35 bits per heavy atom. The second-order valence-corrected chi connectivity index (χ2v) is 6.47. The molecular weight excluding hydrogens is 296 g/mol. The van der Waals surface area contributed by atoms with Gasteiger partial charge in [0.2, 0.25) is 5.88 Å². The Labute approximate surface area is 140 Å². The van der Waals surface area contributed by atoms with Gasteiger partial charge in [-0.2, -0.15) is 0 Å². The fraction of sp³-hybridized carbons (Fsp3) is 0.882. The zero-order valence-electron chi connectivity index (χ0n) is 14.6. The summed E-state index contributed by atoms with van der Waals surface area (Å²) >= 11 is 0. The third kappa shape index (κ3) is 6.20. The van der Waals surface area contributed by atoms with Gasteiger partial charge in [0, 0.05) is 6.54 Å². The fourth-order valence-corrected chi connectivity index (χ4v) is 2.97. The standard InChI is InChI=1S/C17H34N2O4/c1-3-4-5-6-7-8-9-10-11-12-13-18-14(2)19(23)17(22)15(20)16(18)21/h14,17,20-23H,3-13H2,1-2H3. The van der Waals surface area contributed by atoms with Crippen LogP contribution in [-0.2, 0) is 0 Å². The molecule has 0 bridgehead atoms. The van der Waals surface area contributed by atoms with Gasteiger partial charge >= 0.3 is 0 Å². The molecular formula is C17H34N2O4. The van der Waals surface area contributed by atoms with E-state index in [9.17, 15) is 20.5 Å². The molecule has 0 radical (unpaired) electrons. The lowest BCUT2D eigenvalue weighted by Gasteiger charge is -2.40. The average Bonchev–Trinajstić information content (AvgIpc) is 2.55. The van der Waals surface area contributed by atoms with Crippen molar-refractivity contribution in [3.63, 3.8) is 0 Å². The van der Waals surface area contributed by atoms with Crippen LogP contribution in [0.5, 0.6) is 0 Å². The van der Waals surface area contributed by atoms with Crippen LogP contribution in [0.25, 0.3) is 0 Å². The van der Waals surface area contributed by atoms with Crippen molar-refractivity contribution < 1.29 is 20.5 Å².